The Kier molecular flexibility index (Phi) is 6.76. The summed E-state index contributed by atoms with van der Waals surface area (Å²) in [7, 11) is -2.01. The maximum absolute atomic E-state index is 11.8. The van der Waals surface area contributed by atoms with Crippen molar-refractivity contribution < 1.29 is 13.2 Å². The first-order valence-electron chi connectivity index (χ1n) is 11.2. The van der Waals surface area contributed by atoms with Crippen molar-refractivity contribution in [2.24, 2.45) is 0 Å². The summed E-state index contributed by atoms with van der Waals surface area (Å²) in [4.78, 5) is 11.1. The van der Waals surface area contributed by atoms with Gasteiger partial charge in [0.2, 0.25) is 10.0 Å². The van der Waals surface area contributed by atoms with E-state index in [9.17, 15) is 8.42 Å². The Morgan fingerprint density at radius 3 is 2.62 bits per heavy atom. The summed E-state index contributed by atoms with van der Waals surface area (Å²) >= 11 is 11.9. The van der Waals surface area contributed by atoms with Crippen LogP contribution in [0.25, 0.3) is 5.82 Å². The van der Waals surface area contributed by atoms with Gasteiger partial charge in [0.25, 0.3) is 0 Å². The lowest BCUT2D eigenvalue weighted by Crippen LogP contribution is -2.30. The second kappa shape index (κ2) is 10.0. The summed E-state index contributed by atoms with van der Waals surface area (Å²) in [5.74, 6) is 1.06. The zero-order chi connectivity index (χ0) is 26.2. The van der Waals surface area contributed by atoms with Gasteiger partial charge in [-0.3, -0.25) is 9.71 Å². The van der Waals surface area contributed by atoms with Crippen LogP contribution >= 0.6 is 23.8 Å². The Hall–Kier alpha value is -3.67. The van der Waals surface area contributed by atoms with Crippen molar-refractivity contribution in [1.82, 2.24) is 19.9 Å². The number of pyridine rings is 2. The second-order valence-corrected chi connectivity index (χ2v) is 11.0. The Morgan fingerprint density at radius 2 is 1.95 bits per heavy atom. The molecular weight excluding hydrogens is 532 g/mol. The van der Waals surface area contributed by atoms with Gasteiger partial charge in [-0.25, -0.2) is 13.4 Å². The van der Waals surface area contributed by atoms with Crippen molar-refractivity contribution in [3.63, 3.8) is 0 Å². The minimum absolute atomic E-state index is 0.283. The van der Waals surface area contributed by atoms with Gasteiger partial charge in [0.15, 0.2) is 5.11 Å². The minimum Gasteiger partial charge on any atom is -0.494 e. The molecule has 1 aliphatic rings. The number of ether oxygens (including phenoxy) is 1. The lowest BCUT2D eigenvalue weighted by atomic mass is 10.0. The molecule has 2 N–H and O–H groups in total. The van der Waals surface area contributed by atoms with Gasteiger partial charge in [-0.1, -0.05) is 17.7 Å². The first-order chi connectivity index (χ1) is 17.7. The lowest BCUT2D eigenvalue weighted by Gasteiger charge is -2.29. The molecule has 1 fully saturated rings. The molecule has 2 unspecified atom stereocenters. The molecule has 190 valence electrons. The van der Waals surface area contributed by atoms with Gasteiger partial charge in [0.05, 0.1) is 35.8 Å². The van der Waals surface area contributed by atoms with Crippen molar-refractivity contribution in [2.45, 2.75) is 12.1 Å². The van der Waals surface area contributed by atoms with Gasteiger partial charge >= 0.3 is 0 Å². The minimum atomic E-state index is -3.49. The highest BCUT2D eigenvalue weighted by atomic mass is 35.5. The number of rotatable bonds is 7. The summed E-state index contributed by atoms with van der Waals surface area (Å²) < 4.78 is 33.6. The van der Waals surface area contributed by atoms with Crippen LogP contribution in [0.2, 0.25) is 5.02 Å². The average Bonchev–Trinajstić information content (AvgIpc) is 3.49. The molecule has 0 amide bonds. The van der Waals surface area contributed by atoms with Crippen LogP contribution in [0.3, 0.4) is 0 Å². The van der Waals surface area contributed by atoms with Crippen molar-refractivity contribution in [1.29, 1.82) is 0 Å². The lowest BCUT2D eigenvalue weighted by molar-refractivity contribution is 0.417. The highest BCUT2D eigenvalue weighted by Crippen LogP contribution is 2.43. The molecular formula is C25H23ClN6O3S2. The first-order valence-corrected chi connectivity index (χ1v) is 13.9. The van der Waals surface area contributed by atoms with Crippen LogP contribution in [-0.4, -0.2) is 41.4 Å². The van der Waals surface area contributed by atoms with Gasteiger partial charge in [-0.05, 0) is 60.7 Å². The number of hydrogen-bond donors (Lipinski definition) is 2. The monoisotopic (exact) mass is 554 g/mol. The van der Waals surface area contributed by atoms with E-state index >= 15 is 0 Å². The third kappa shape index (κ3) is 5.10. The van der Waals surface area contributed by atoms with E-state index in [4.69, 9.17) is 28.6 Å². The molecule has 0 aliphatic carbocycles. The van der Waals surface area contributed by atoms with Crippen LogP contribution < -0.4 is 19.7 Å². The topological polar surface area (TPSA) is 101 Å². The predicted molar refractivity (Wildman–Crippen MR) is 148 cm³/mol. The van der Waals surface area contributed by atoms with Crippen molar-refractivity contribution in [2.75, 3.05) is 23.0 Å². The third-order valence-corrected chi connectivity index (χ3v) is 7.03. The zero-order valence-corrected chi connectivity index (χ0v) is 22.3. The average molecular weight is 555 g/mol. The van der Waals surface area contributed by atoms with Crippen LogP contribution in [0, 0.1) is 0 Å². The summed E-state index contributed by atoms with van der Waals surface area (Å²) in [6.07, 6.45) is 6.37. The molecule has 4 heterocycles. The Morgan fingerprint density at radius 1 is 1.11 bits per heavy atom. The van der Waals surface area contributed by atoms with Gasteiger partial charge in [-0.15, -0.1) is 0 Å². The molecule has 0 saturated carbocycles. The van der Waals surface area contributed by atoms with E-state index in [1.807, 2.05) is 52.1 Å². The maximum atomic E-state index is 11.8. The molecule has 1 aliphatic heterocycles. The van der Waals surface area contributed by atoms with Gasteiger partial charge in [0.1, 0.15) is 17.6 Å². The smallest absolute Gasteiger partial charge is 0.229 e. The maximum Gasteiger partial charge on any atom is 0.229 e. The van der Waals surface area contributed by atoms with Crippen LogP contribution in [0.1, 0.15) is 23.5 Å². The number of nitrogens with one attached hydrogen (secondary N) is 2. The molecule has 1 saturated heterocycles. The van der Waals surface area contributed by atoms with Crippen molar-refractivity contribution in [3.8, 4) is 11.6 Å². The number of benzene rings is 1. The number of sulfonamides is 1. The fourth-order valence-electron chi connectivity index (χ4n) is 4.40. The van der Waals surface area contributed by atoms with Crippen molar-refractivity contribution >= 4 is 50.3 Å². The molecule has 0 bridgehead atoms. The zero-order valence-electron chi connectivity index (χ0n) is 19.9. The summed E-state index contributed by atoms with van der Waals surface area (Å²) in [5.41, 5.74) is 2.78. The summed E-state index contributed by atoms with van der Waals surface area (Å²) in [6, 6.07) is 17.9. The Labute approximate surface area is 225 Å². The molecule has 37 heavy (non-hydrogen) atoms. The van der Waals surface area contributed by atoms with Crippen LogP contribution in [0.4, 0.5) is 11.4 Å². The fourth-order valence-corrected chi connectivity index (χ4v) is 5.43. The van der Waals surface area contributed by atoms with Crippen molar-refractivity contribution in [3.05, 3.63) is 95.7 Å². The Bertz CT molecular complexity index is 1540. The number of aromatic nitrogens is 3. The molecule has 1 aromatic carbocycles. The van der Waals surface area contributed by atoms with Gasteiger partial charge in [0, 0.05) is 36.0 Å². The number of nitrogens with zero attached hydrogens (tertiary/aromatic N) is 4. The molecule has 4 aromatic rings. The van der Waals surface area contributed by atoms with Gasteiger partial charge in [-0.2, -0.15) is 0 Å². The predicted octanol–water partition coefficient (Wildman–Crippen LogP) is 4.48. The highest BCUT2D eigenvalue weighted by molar-refractivity contribution is 7.92. The number of methoxy groups -OCH3 is 1. The van der Waals surface area contributed by atoms with E-state index in [0.717, 1.165) is 17.6 Å². The molecule has 2 atom stereocenters. The molecule has 9 nitrogen and oxygen atoms in total. The third-order valence-electron chi connectivity index (χ3n) is 5.90. The second-order valence-electron chi connectivity index (χ2n) is 8.39. The number of anilines is 2. The fraction of sp³-hybridized carbons (Fsp3) is 0.160. The number of hydrogen-bond acceptors (Lipinski definition) is 6. The molecule has 12 heteroatoms. The Balaban J connectivity index is 1.64. The van der Waals surface area contributed by atoms with E-state index in [2.05, 4.69) is 20.0 Å². The van der Waals surface area contributed by atoms with E-state index < -0.39 is 10.0 Å². The first kappa shape index (κ1) is 25.0. The largest absolute Gasteiger partial charge is 0.494 e. The van der Waals surface area contributed by atoms with Gasteiger partial charge < -0.3 is 19.5 Å². The standard InChI is InChI=1S/C25H23ClN6O3S2/c1-35-21-14-17(9-10-18(21)30-37(2,33)34)32-24(23(29-25(32)36)19-6-3-4-12-27-19)20-7-5-13-31(20)22-11-8-16(26)15-28-22/h3-15,23-24,30H,1-2H3,(H,29,36). The van der Waals surface area contributed by atoms with Crippen LogP contribution in [0.5, 0.6) is 5.75 Å². The SMILES string of the molecule is COc1cc(N2C(=S)NC(c3ccccn3)C2c2cccn2-c2ccc(Cl)cn2)ccc1NS(C)(=O)=O. The molecule has 0 spiro atoms. The molecule has 0 radical (unpaired) electrons. The van der Waals surface area contributed by atoms with Crippen LogP contribution in [0.15, 0.2) is 79.3 Å². The highest BCUT2D eigenvalue weighted by Gasteiger charge is 2.42. The molecule has 5 rings (SSSR count). The number of thiocarbonyl (C=S) groups is 1. The van der Waals surface area contributed by atoms with E-state index in [1.54, 1.807) is 36.7 Å². The quantitative estimate of drug-likeness (QED) is 0.323. The van der Waals surface area contributed by atoms with E-state index in [1.165, 1.54) is 7.11 Å². The normalized spacial score (nSPS) is 17.5. The summed E-state index contributed by atoms with van der Waals surface area (Å²) in [6.45, 7) is 0. The summed E-state index contributed by atoms with van der Waals surface area (Å²) in [5, 5.41) is 4.46. The molecule has 3 aromatic heterocycles. The van der Waals surface area contributed by atoms with E-state index in [0.29, 0.717) is 33.1 Å². The van der Waals surface area contributed by atoms with E-state index in [-0.39, 0.29) is 12.1 Å². The number of halogens is 1. The van der Waals surface area contributed by atoms with Crippen LogP contribution in [-0.2, 0) is 10.0 Å².